The number of ether oxygens (including phenoxy) is 2. The Labute approximate surface area is 222 Å². The normalized spacial score (nSPS) is 17.9. The summed E-state index contributed by atoms with van der Waals surface area (Å²) in [4.78, 5) is 16.2. The van der Waals surface area contributed by atoms with E-state index < -0.39 is 5.82 Å². The van der Waals surface area contributed by atoms with Crippen LogP contribution in [-0.2, 0) is 0 Å². The number of anilines is 1. The van der Waals surface area contributed by atoms with Gasteiger partial charge in [-0.15, -0.1) is 0 Å². The van der Waals surface area contributed by atoms with Gasteiger partial charge in [0.2, 0.25) is 0 Å². The smallest absolute Gasteiger partial charge is 0.258 e. The molecule has 2 unspecified atom stereocenters. The molecule has 0 radical (unpaired) electrons. The van der Waals surface area contributed by atoms with E-state index in [4.69, 9.17) is 21.1 Å². The maximum Gasteiger partial charge on any atom is 0.258 e. The molecule has 0 aromatic heterocycles. The van der Waals surface area contributed by atoms with E-state index in [1.165, 1.54) is 18.9 Å². The van der Waals surface area contributed by atoms with Gasteiger partial charge in [0, 0.05) is 17.3 Å². The summed E-state index contributed by atoms with van der Waals surface area (Å²) in [5.74, 6) is 1.18. The number of amides is 1. The molecule has 3 aromatic rings. The van der Waals surface area contributed by atoms with Gasteiger partial charge in [0.15, 0.2) is 11.5 Å². The van der Waals surface area contributed by atoms with Gasteiger partial charge >= 0.3 is 0 Å². The van der Waals surface area contributed by atoms with E-state index >= 15 is 0 Å². The molecule has 1 N–H and O–H groups in total. The third kappa shape index (κ3) is 5.60. The van der Waals surface area contributed by atoms with Gasteiger partial charge in [-0.3, -0.25) is 4.79 Å². The zero-order valence-corrected chi connectivity index (χ0v) is 21.9. The fourth-order valence-corrected chi connectivity index (χ4v) is 5.44. The van der Waals surface area contributed by atoms with Crippen molar-refractivity contribution < 1.29 is 18.7 Å². The predicted octanol–water partition coefficient (Wildman–Crippen LogP) is 6.73. The minimum Gasteiger partial charge on any atom is -0.493 e. The minimum atomic E-state index is -0.455. The second-order valence-corrected chi connectivity index (χ2v) is 10.3. The molecular formula is C30H32ClFN2O3. The molecule has 2 atom stereocenters. The van der Waals surface area contributed by atoms with Gasteiger partial charge in [-0.05, 0) is 85.3 Å². The van der Waals surface area contributed by atoms with Crippen LogP contribution in [0.5, 0.6) is 11.5 Å². The van der Waals surface area contributed by atoms with Crippen molar-refractivity contribution in [2.75, 3.05) is 25.7 Å². The molecule has 1 amide bonds. The standard InChI is InChI=1S/C30H32ClFN2O3/c1-36-28-13-11-22(18-29(28)37-2)30(35)34(27(15-19-8-9-19)26-7-4-14-33-26)23-6-3-5-20(16-23)21-10-12-25(32)24(31)17-21/h3,5-6,10-13,16-19,26-27,33H,4,7-9,14-15H2,1-2H3. The van der Waals surface area contributed by atoms with Crippen LogP contribution in [-0.4, -0.2) is 38.8 Å². The van der Waals surface area contributed by atoms with E-state index in [1.807, 2.05) is 29.2 Å². The molecule has 1 saturated carbocycles. The van der Waals surface area contributed by atoms with Crippen LogP contribution < -0.4 is 19.7 Å². The first-order chi connectivity index (χ1) is 18.0. The summed E-state index contributed by atoms with van der Waals surface area (Å²) in [7, 11) is 3.15. The van der Waals surface area contributed by atoms with Crippen LogP contribution in [0, 0.1) is 11.7 Å². The van der Waals surface area contributed by atoms with Gasteiger partial charge in [-0.25, -0.2) is 4.39 Å². The molecule has 2 aliphatic rings. The molecule has 0 bridgehead atoms. The summed E-state index contributed by atoms with van der Waals surface area (Å²) in [6.45, 7) is 0.957. The van der Waals surface area contributed by atoms with Crippen molar-refractivity contribution in [1.29, 1.82) is 0 Å². The number of hydrogen-bond acceptors (Lipinski definition) is 4. The second kappa shape index (κ2) is 11.1. The lowest BCUT2D eigenvalue weighted by Crippen LogP contribution is -2.51. The summed E-state index contributed by atoms with van der Waals surface area (Å²) >= 11 is 6.08. The maximum atomic E-state index is 14.3. The zero-order chi connectivity index (χ0) is 25.9. The monoisotopic (exact) mass is 522 g/mol. The van der Waals surface area contributed by atoms with Gasteiger partial charge in [0.25, 0.3) is 5.91 Å². The number of carbonyl (C=O) groups is 1. The van der Waals surface area contributed by atoms with Crippen molar-refractivity contribution in [3.63, 3.8) is 0 Å². The lowest BCUT2D eigenvalue weighted by Gasteiger charge is -2.36. The first-order valence-corrected chi connectivity index (χ1v) is 13.2. The number of hydrogen-bond donors (Lipinski definition) is 1. The summed E-state index contributed by atoms with van der Waals surface area (Å²) in [5.41, 5.74) is 3.00. The van der Waals surface area contributed by atoms with Crippen LogP contribution in [0.4, 0.5) is 10.1 Å². The van der Waals surface area contributed by atoms with Gasteiger partial charge in [-0.2, -0.15) is 0 Å². The van der Waals surface area contributed by atoms with E-state index in [0.29, 0.717) is 23.0 Å². The Morgan fingerprint density at radius 1 is 1.03 bits per heavy atom. The van der Waals surface area contributed by atoms with Gasteiger partial charge in [0.1, 0.15) is 5.82 Å². The van der Waals surface area contributed by atoms with E-state index in [-0.39, 0.29) is 23.0 Å². The fourth-order valence-electron chi connectivity index (χ4n) is 5.26. The maximum absolute atomic E-state index is 14.3. The number of halogens is 2. The topological polar surface area (TPSA) is 50.8 Å². The molecule has 5 nitrogen and oxygen atoms in total. The van der Waals surface area contributed by atoms with Crippen molar-refractivity contribution >= 4 is 23.2 Å². The SMILES string of the molecule is COc1ccc(C(=O)N(c2cccc(-c3ccc(F)c(Cl)c3)c2)C(CC2CC2)C2CCCN2)cc1OC. The van der Waals surface area contributed by atoms with Gasteiger partial charge < -0.3 is 19.7 Å². The summed E-state index contributed by atoms with van der Waals surface area (Å²) in [6.07, 6.45) is 5.48. The Balaban J connectivity index is 1.59. The van der Waals surface area contributed by atoms with Crippen molar-refractivity contribution in [1.82, 2.24) is 5.32 Å². The molecule has 7 heteroatoms. The number of nitrogens with zero attached hydrogens (tertiary/aromatic N) is 1. The van der Waals surface area contributed by atoms with Gasteiger partial charge in [-0.1, -0.05) is 42.6 Å². The average Bonchev–Trinajstić information content (AvgIpc) is 3.58. The molecule has 1 aliphatic carbocycles. The number of benzene rings is 3. The third-order valence-corrected chi connectivity index (χ3v) is 7.68. The number of carbonyl (C=O) groups excluding carboxylic acids is 1. The van der Waals surface area contributed by atoms with Crippen LogP contribution in [0.3, 0.4) is 0 Å². The Morgan fingerprint density at radius 3 is 2.49 bits per heavy atom. The molecule has 37 heavy (non-hydrogen) atoms. The van der Waals surface area contributed by atoms with Crippen molar-refractivity contribution in [3.05, 3.63) is 77.1 Å². The molecule has 5 rings (SSSR count). The highest BCUT2D eigenvalue weighted by molar-refractivity contribution is 6.31. The first kappa shape index (κ1) is 25.6. The number of rotatable bonds is 9. The predicted molar refractivity (Wildman–Crippen MR) is 145 cm³/mol. The van der Waals surface area contributed by atoms with E-state index in [1.54, 1.807) is 44.6 Å². The highest BCUT2D eigenvalue weighted by Crippen LogP contribution is 2.39. The van der Waals surface area contributed by atoms with Crippen LogP contribution in [0.2, 0.25) is 5.02 Å². The Morgan fingerprint density at radius 2 is 1.81 bits per heavy atom. The molecule has 1 saturated heterocycles. The number of methoxy groups -OCH3 is 2. The van der Waals surface area contributed by atoms with Crippen LogP contribution in [0.15, 0.2) is 60.7 Å². The first-order valence-electron chi connectivity index (χ1n) is 12.8. The van der Waals surface area contributed by atoms with Crippen molar-refractivity contribution in [2.45, 2.75) is 44.2 Å². The molecule has 194 valence electrons. The van der Waals surface area contributed by atoms with Crippen LogP contribution >= 0.6 is 11.6 Å². The molecule has 2 fully saturated rings. The second-order valence-electron chi connectivity index (χ2n) is 9.87. The summed E-state index contributed by atoms with van der Waals surface area (Å²) < 4.78 is 24.7. The highest BCUT2D eigenvalue weighted by atomic mass is 35.5. The fraction of sp³-hybridized carbons (Fsp3) is 0.367. The van der Waals surface area contributed by atoms with Crippen LogP contribution in [0.1, 0.15) is 42.5 Å². The van der Waals surface area contributed by atoms with Crippen LogP contribution in [0.25, 0.3) is 11.1 Å². The lowest BCUT2D eigenvalue weighted by atomic mass is 9.96. The number of nitrogens with one attached hydrogen (secondary N) is 1. The molecule has 1 heterocycles. The van der Waals surface area contributed by atoms with Gasteiger partial charge in [0.05, 0.1) is 25.3 Å². The summed E-state index contributed by atoms with van der Waals surface area (Å²) in [6, 6.07) is 18.1. The average molecular weight is 523 g/mol. The van der Waals surface area contributed by atoms with Crippen molar-refractivity contribution in [2.24, 2.45) is 5.92 Å². The Bertz CT molecular complexity index is 1270. The Kier molecular flexibility index (Phi) is 7.68. The molecular weight excluding hydrogens is 491 g/mol. The minimum absolute atomic E-state index is 0.00246. The largest absolute Gasteiger partial charge is 0.493 e. The molecule has 0 spiro atoms. The lowest BCUT2D eigenvalue weighted by molar-refractivity contribution is 0.0968. The quantitative estimate of drug-likeness (QED) is 0.338. The third-order valence-electron chi connectivity index (χ3n) is 7.39. The van der Waals surface area contributed by atoms with E-state index in [0.717, 1.165) is 42.6 Å². The highest BCUT2D eigenvalue weighted by Gasteiger charge is 2.38. The molecule has 3 aromatic carbocycles. The van der Waals surface area contributed by atoms with Crippen molar-refractivity contribution in [3.8, 4) is 22.6 Å². The van der Waals surface area contributed by atoms with E-state index in [9.17, 15) is 9.18 Å². The summed E-state index contributed by atoms with van der Waals surface area (Å²) in [5, 5.41) is 3.72. The van der Waals surface area contributed by atoms with E-state index in [2.05, 4.69) is 5.32 Å². The Hall–Kier alpha value is -3.09. The molecule has 1 aliphatic heterocycles. The zero-order valence-electron chi connectivity index (χ0n) is 21.2.